The summed E-state index contributed by atoms with van der Waals surface area (Å²) in [5.41, 5.74) is 3.11. The van der Waals surface area contributed by atoms with Gasteiger partial charge in [-0.15, -0.1) is 0 Å². The Labute approximate surface area is 147 Å². The van der Waals surface area contributed by atoms with E-state index in [1.54, 1.807) is 12.1 Å². The van der Waals surface area contributed by atoms with Crippen molar-refractivity contribution in [2.24, 2.45) is 0 Å². The number of amides is 1. The fourth-order valence-corrected chi connectivity index (χ4v) is 3.29. The van der Waals surface area contributed by atoms with Gasteiger partial charge < -0.3 is 15.0 Å². The predicted octanol–water partition coefficient (Wildman–Crippen LogP) is 4.43. The van der Waals surface area contributed by atoms with Crippen LogP contribution < -0.4 is 5.32 Å². The first-order valence-electron chi connectivity index (χ1n) is 7.87. The lowest BCUT2D eigenvalue weighted by Gasteiger charge is -2.05. The number of ether oxygens (including phenoxy) is 1. The molecule has 0 bridgehead atoms. The minimum Gasteiger partial charge on any atom is -0.370 e. The first kappa shape index (κ1) is 15.4. The lowest BCUT2D eigenvalue weighted by molar-refractivity contribution is 0.102. The molecule has 0 saturated carbocycles. The highest BCUT2D eigenvalue weighted by Gasteiger charge is 2.21. The van der Waals surface area contributed by atoms with Crippen LogP contribution in [0.15, 0.2) is 46.9 Å². The molecule has 2 heterocycles. The van der Waals surface area contributed by atoms with Crippen LogP contribution >= 0.6 is 15.9 Å². The molecule has 6 heteroatoms. The van der Waals surface area contributed by atoms with E-state index in [0.29, 0.717) is 5.56 Å². The molecule has 1 aromatic heterocycles. The first-order chi connectivity index (χ1) is 11.7. The number of rotatable bonds is 3. The van der Waals surface area contributed by atoms with Crippen LogP contribution in [0, 0.1) is 0 Å². The SMILES string of the molecule is O=C(Nc1ccc2nc(C3CCCO3)[nH]c2c1)c1cccc(Br)c1. The quantitative estimate of drug-likeness (QED) is 0.700. The zero-order valence-corrected chi connectivity index (χ0v) is 14.5. The number of nitrogens with zero attached hydrogens (tertiary/aromatic N) is 1. The van der Waals surface area contributed by atoms with Gasteiger partial charge in [-0.25, -0.2) is 4.98 Å². The first-order valence-corrected chi connectivity index (χ1v) is 8.66. The second-order valence-electron chi connectivity index (χ2n) is 5.82. The second kappa shape index (κ2) is 6.37. The molecular formula is C18H16BrN3O2. The van der Waals surface area contributed by atoms with Gasteiger partial charge in [0.25, 0.3) is 5.91 Å². The Morgan fingerprint density at radius 3 is 3.00 bits per heavy atom. The van der Waals surface area contributed by atoms with Crippen molar-refractivity contribution in [1.29, 1.82) is 0 Å². The van der Waals surface area contributed by atoms with Crippen molar-refractivity contribution >= 4 is 38.6 Å². The number of hydrogen-bond donors (Lipinski definition) is 2. The van der Waals surface area contributed by atoms with Crippen LogP contribution in [-0.2, 0) is 4.74 Å². The van der Waals surface area contributed by atoms with Gasteiger partial charge in [0, 0.05) is 22.3 Å². The highest BCUT2D eigenvalue weighted by atomic mass is 79.9. The second-order valence-corrected chi connectivity index (χ2v) is 6.74. The molecule has 0 spiro atoms. The van der Waals surface area contributed by atoms with Gasteiger partial charge in [0.2, 0.25) is 0 Å². The Hall–Kier alpha value is -2.18. The van der Waals surface area contributed by atoms with Crippen LogP contribution in [0.25, 0.3) is 11.0 Å². The Kier molecular flexibility index (Phi) is 4.08. The number of carbonyl (C=O) groups is 1. The van der Waals surface area contributed by atoms with E-state index >= 15 is 0 Å². The summed E-state index contributed by atoms with van der Waals surface area (Å²) in [6, 6.07) is 13.0. The largest absolute Gasteiger partial charge is 0.370 e. The number of fused-ring (bicyclic) bond motifs is 1. The Balaban J connectivity index is 1.57. The summed E-state index contributed by atoms with van der Waals surface area (Å²) in [4.78, 5) is 20.2. The third kappa shape index (κ3) is 3.07. The number of H-pyrrole nitrogens is 1. The fraction of sp³-hybridized carbons (Fsp3) is 0.222. The van der Waals surface area contributed by atoms with Gasteiger partial charge in [-0.2, -0.15) is 0 Å². The summed E-state index contributed by atoms with van der Waals surface area (Å²) in [7, 11) is 0. The Morgan fingerprint density at radius 2 is 2.21 bits per heavy atom. The van der Waals surface area contributed by atoms with Gasteiger partial charge in [-0.3, -0.25) is 4.79 Å². The van der Waals surface area contributed by atoms with Crippen LogP contribution in [-0.4, -0.2) is 22.5 Å². The molecule has 1 fully saturated rings. The normalized spacial score (nSPS) is 17.3. The number of imidazole rings is 1. The standard InChI is InChI=1S/C18H16BrN3O2/c19-12-4-1-3-11(9-12)18(23)20-13-6-7-14-15(10-13)22-17(21-14)16-5-2-8-24-16/h1,3-4,6-7,9-10,16H,2,5,8H2,(H,20,23)(H,21,22). The lowest BCUT2D eigenvalue weighted by Crippen LogP contribution is -2.11. The summed E-state index contributed by atoms with van der Waals surface area (Å²) < 4.78 is 6.54. The molecule has 2 aromatic carbocycles. The van der Waals surface area contributed by atoms with E-state index in [4.69, 9.17) is 4.74 Å². The van der Waals surface area contributed by atoms with E-state index in [2.05, 4.69) is 31.2 Å². The van der Waals surface area contributed by atoms with Crippen LogP contribution in [0.1, 0.15) is 35.1 Å². The van der Waals surface area contributed by atoms with Crippen LogP contribution in [0.3, 0.4) is 0 Å². The molecule has 1 atom stereocenters. The van der Waals surface area contributed by atoms with E-state index < -0.39 is 0 Å². The van der Waals surface area contributed by atoms with Crippen molar-refractivity contribution in [1.82, 2.24) is 9.97 Å². The van der Waals surface area contributed by atoms with Crippen molar-refractivity contribution in [3.8, 4) is 0 Å². The van der Waals surface area contributed by atoms with E-state index in [0.717, 1.165) is 46.5 Å². The van der Waals surface area contributed by atoms with Gasteiger partial charge in [0.05, 0.1) is 11.0 Å². The molecule has 1 unspecified atom stereocenters. The molecule has 1 aliphatic heterocycles. The number of halogens is 1. The van der Waals surface area contributed by atoms with E-state index in [1.807, 2.05) is 30.3 Å². The molecule has 0 radical (unpaired) electrons. The highest BCUT2D eigenvalue weighted by molar-refractivity contribution is 9.10. The molecule has 5 nitrogen and oxygen atoms in total. The maximum atomic E-state index is 12.3. The zero-order chi connectivity index (χ0) is 16.5. The number of aromatic amines is 1. The van der Waals surface area contributed by atoms with Crippen LogP contribution in [0.4, 0.5) is 5.69 Å². The minimum absolute atomic E-state index is 0.0529. The number of nitrogens with one attached hydrogen (secondary N) is 2. The third-order valence-electron chi connectivity index (χ3n) is 4.08. The number of anilines is 1. The van der Waals surface area contributed by atoms with Gasteiger partial charge >= 0.3 is 0 Å². The van der Waals surface area contributed by atoms with Gasteiger partial charge in [0.15, 0.2) is 0 Å². The average molecular weight is 386 g/mol. The smallest absolute Gasteiger partial charge is 0.255 e. The van der Waals surface area contributed by atoms with Gasteiger partial charge in [-0.05, 0) is 49.2 Å². The van der Waals surface area contributed by atoms with Crippen LogP contribution in [0.5, 0.6) is 0 Å². The summed E-state index contributed by atoms with van der Waals surface area (Å²) in [6.45, 7) is 0.787. The minimum atomic E-state index is -0.144. The molecule has 3 aromatic rings. The molecule has 2 N–H and O–H groups in total. The summed E-state index contributed by atoms with van der Waals surface area (Å²) in [6.07, 6.45) is 2.11. The third-order valence-corrected chi connectivity index (χ3v) is 4.57. The average Bonchev–Trinajstić information content (AvgIpc) is 3.23. The van der Waals surface area contributed by atoms with E-state index in [1.165, 1.54) is 0 Å². The van der Waals surface area contributed by atoms with E-state index in [-0.39, 0.29) is 12.0 Å². The maximum absolute atomic E-state index is 12.3. The van der Waals surface area contributed by atoms with Crippen molar-refractivity contribution in [2.75, 3.05) is 11.9 Å². The summed E-state index contributed by atoms with van der Waals surface area (Å²) in [5, 5.41) is 2.92. The van der Waals surface area contributed by atoms with Crippen LogP contribution in [0.2, 0.25) is 0 Å². The van der Waals surface area contributed by atoms with Crippen molar-refractivity contribution in [3.05, 3.63) is 58.3 Å². The molecule has 1 saturated heterocycles. The predicted molar refractivity (Wildman–Crippen MR) is 96.1 cm³/mol. The van der Waals surface area contributed by atoms with Crippen molar-refractivity contribution in [3.63, 3.8) is 0 Å². The number of benzene rings is 2. The number of aromatic nitrogens is 2. The molecule has 1 aliphatic rings. The van der Waals surface area contributed by atoms with Gasteiger partial charge in [0.1, 0.15) is 11.9 Å². The summed E-state index contributed by atoms with van der Waals surface area (Å²) in [5.74, 6) is 0.715. The number of carbonyl (C=O) groups excluding carboxylic acids is 1. The number of hydrogen-bond acceptors (Lipinski definition) is 3. The van der Waals surface area contributed by atoms with Crippen molar-refractivity contribution in [2.45, 2.75) is 18.9 Å². The monoisotopic (exact) mass is 385 g/mol. The molecule has 0 aliphatic carbocycles. The van der Waals surface area contributed by atoms with E-state index in [9.17, 15) is 4.79 Å². The Bertz CT molecular complexity index is 900. The molecule has 24 heavy (non-hydrogen) atoms. The topological polar surface area (TPSA) is 67.0 Å². The molecular weight excluding hydrogens is 370 g/mol. The summed E-state index contributed by atoms with van der Waals surface area (Å²) >= 11 is 3.38. The molecule has 1 amide bonds. The Morgan fingerprint density at radius 1 is 1.29 bits per heavy atom. The fourth-order valence-electron chi connectivity index (χ4n) is 2.89. The molecule has 122 valence electrons. The lowest BCUT2D eigenvalue weighted by atomic mass is 10.2. The van der Waals surface area contributed by atoms with Gasteiger partial charge in [-0.1, -0.05) is 22.0 Å². The highest BCUT2D eigenvalue weighted by Crippen LogP contribution is 2.28. The zero-order valence-electron chi connectivity index (χ0n) is 12.9. The maximum Gasteiger partial charge on any atom is 0.255 e. The van der Waals surface area contributed by atoms with Crippen molar-refractivity contribution < 1.29 is 9.53 Å². The molecule has 4 rings (SSSR count).